The Morgan fingerprint density at radius 1 is 1.24 bits per heavy atom. The minimum Gasteiger partial charge on any atom is -0.354 e. The fraction of sp³-hybridized carbons (Fsp3) is 0.750. The Morgan fingerprint density at radius 2 is 2.08 bits per heavy atom. The van der Waals surface area contributed by atoms with Gasteiger partial charge in [-0.25, -0.2) is 0 Å². The lowest BCUT2D eigenvalue weighted by atomic mass is 9.85. The number of fused-ring (bicyclic) bond motifs is 1. The molecule has 1 saturated carbocycles. The first-order valence-electron chi connectivity index (χ1n) is 10.1. The van der Waals surface area contributed by atoms with Crippen molar-refractivity contribution in [3.63, 3.8) is 0 Å². The van der Waals surface area contributed by atoms with E-state index < -0.39 is 0 Å². The molecule has 2 N–H and O–H groups in total. The van der Waals surface area contributed by atoms with Crippen LogP contribution in [0.2, 0.25) is 0 Å². The van der Waals surface area contributed by atoms with Gasteiger partial charge in [0.25, 0.3) is 0 Å². The van der Waals surface area contributed by atoms with E-state index in [9.17, 15) is 4.79 Å². The van der Waals surface area contributed by atoms with E-state index in [0.29, 0.717) is 12.0 Å². The highest BCUT2D eigenvalue weighted by molar-refractivity contribution is 7.09. The van der Waals surface area contributed by atoms with Crippen LogP contribution in [0.25, 0.3) is 0 Å². The van der Waals surface area contributed by atoms with E-state index in [0.717, 1.165) is 38.5 Å². The third-order valence-electron chi connectivity index (χ3n) is 6.41. The largest absolute Gasteiger partial charge is 0.354 e. The summed E-state index contributed by atoms with van der Waals surface area (Å²) in [7, 11) is 0. The van der Waals surface area contributed by atoms with Gasteiger partial charge >= 0.3 is 0 Å². The Labute approximate surface area is 155 Å². The molecule has 3 atom stereocenters. The minimum absolute atomic E-state index is 0.0621. The second-order valence-electron chi connectivity index (χ2n) is 8.15. The highest BCUT2D eigenvalue weighted by atomic mass is 32.1. The van der Waals surface area contributed by atoms with Crippen LogP contribution in [0.15, 0.2) is 17.5 Å². The number of carbonyl (C=O) groups excluding carboxylic acids is 1. The Morgan fingerprint density at radius 3 is 2.84 bits per heavy atom. The molecule has 1 aromatic rings. The van der Waals surface area contributed by atoms with Crippen molar-refractivity contribution in [2.75, 3.05) is 19.6 Å². The SMILES string of the molecule is O=C(NCC1CCN(Cc2cccs2)CC1)C1CC2CCCCC2N1. The van der Waals surface area contributed by atoms with Gasteiger partial charge in [0.05, 0.1) is 6.04 Å². The zero-order valence-electron chi connectivity index (χ0n) is 15.1. The second-order valence-corrected chi connectivity index (χ2v) is 9.18. The molecule has 0 aromatic carbocycles. The molecule has 2 saturated heterocycles. The van der Waals surface area contributed by atoms with E-state index in [1.807, 2.05) is 11.3 Å². The standard InChI is InChI=1S/C20H31N3OS/c24-20(19-12-16-4-1-2-6-18(16)22-19)21-13-15-7-9-23(10-8-15)14-17-5-3-11-25-17/h3,5,11,15-16,18-19,22H,1-2,4,6-10,12-14H2,(H,21,24). The molecule has 0 radical (unpaired) electrons. The van der Waals surface area contributed by atoms with Gasteiger partial charge in [0.2, 0.25) is 5.91 Å². The van der Waals surface area contributed by atoms with Crippen LogP contribution >= 0.6 is 11.3 Å². The molecule has 0 bridgehead atoms. The fourth-order valence-corrected chi connectivity index (χ4v) is 5.61. The smallest absolute Gasteiger partial charge is 0.237 e. The van der Waals surface area contributed by atoms with E-state index in [2.05, 4.69) is 33.0 Å². The molecule has 4 rings (SSSR count). The lowest BCUT2D eigenvalue weighted by Crippen LogP contribution is -2.45. The van der Waals surface area contributed by atoms with Crippen molar-refractivity contribution in [2.24, 2.45) is 11.8 Å². The predicted molar refractivity (Wildman–Crippen MR) is 103 cm³/mol. The van der Waals surface area contributed by atoms with Crippen LogP contribution < -0.4 is 10.6 Å². The number of likely N-dealkylation sites (tertiary alicyclic amines) is 1. The average molecular weight is 362 g/mol. The number of piperidine rings is 1. The first-order valence-corrected chi connectivity index (χ1v) is 10.9. The molecule has 4 nitrogen and oxygen atoms in total. The molecular formula is C20H31N3OS. The molecule has 3 unspecified atom stereocenters. The second kappa shape index (κ2) is 8.19. The normalized spacial score (nSPS) is 31.0. The Bertz CT molecular complexity index is 539. The number of nitrogens with one attached hydrogen (secondary N) is 2. The van der Waals surface area contributed by atoms with Gasteiger partial charge in [0.15, 0.2) is 0 Å². The number of rotatable bonds is 5. The average Bonchev–Trinajstić information content (AvgIpc) is 3.30. The van der Waals surface area contributed by atoms with E-state index in [-0.39, 0.29) is 11.9 Å². The lowest BCUT2D eigenvalue weighted by Gasteiger charge is -2.31. The molecule has 1 amide bonds. The van der Waals surface area contributed by atoms with Crippen molar-refractivity contribution in [1.82, 2.24) is 15.5 Å². The van der Waals surface area contributed by atoms with Gasteiger partial charge in [-0.05, 0) is 68.5 Å². The van der Waals surface area contributed by atoms with E-state index in [4.69, 9.17) is 0 Å². The Kier molecular flexibility index (Phi) is 5.73. The third kappa shape index (κ3) is 4.44. The van der Waals surface area contributed by atoms with Gasteiger partial charge in [-0.15, -0.1) is 11.3 Å². The Balaban J connectivity index is 1.16. The predicted octanol–water partition coefficient (Wildman–Crippen LogP) is 3.00. The molecule has 5 heteroatoms. The molecule has 2 aliphatic heterocycles. The van der Waals surface area contributed by atoms with Crippen molar-refractivity contribution >= 4 is 17.2 Å². The molecule has 1 aliphatic carbocycles. The summed E-state index contributed by atoms with van der Waals surface area (Å²) in [6.07, 6.45) is 8.70. The van der Waals surface area contributed by atoms with Gasteiger partial charge in [-0.1, -0.05) is 18.9 Å². The van der Waals surface area contributed by atoms with Gasteiger partial charge in [-0.2, -0.15) is 0 Å². The summed E-state index contributed by atoms with van der Waals surface area (Å²) in [4.78, 5) is 16.5. The van der Waals surface area contributed by atoms with Crippen LogP contribution in [-0.4, -0.2) is 42.5 Å². The monoisotopic (exact) mass is 361 g/mol. The zero-order chi connectivity index (χ0) is 17.1. The van der Waals surface area contributed by atoms with Crippen molar-refractivity contribution in [2.45, 2.75) is 63.6 Å². The molecule has 3 aliphatic rings. The fourth-order valence-electron chi connectivity index (χ4n) is 4.86. The van der Waals surface area contributed by atoms with Crippen LogP contribution in [0.5, 0.6) is 0 Å². The summed E-state index contributed by atoms with van der Waals surface area (Å²) in [6.45, 7) is 4.26. The molecule has 3 fully saturated rings. The van der Waals surface area contributed by atoms with Gasteiger partial charge in [0.1, 0.15) is 0 Å². The van der Waals surface area contributed by atoms with Crippen LogP contribution in [0, 0.1) is 11.8 Å². The Hall–Kier alpha value is -0.910. The minimum atomic E-state index is 0.0621. The molecular weight excluding hydrogens is 330 g/mol. The maximum atomic E-state index is 12.5. The van der Waals surface area contributed by atoms with Crippen LogP contribution in [0.1, 0.15) is 49.8 Å². The van der Waals surface area contributed by atoms with Crippen molar-refractivity contribution < 1.29 is 4.79 Å². The highest BCUT2D eigenvalue weighted by Crippen LogP contribution is 2.33. The third-order valence-corrected chi connectivity index (χ3v) is 7.27. The summed E-state index contributed by atoms with van der Waals surface area (Å²) in [5.74, 6) is 1.63. The summed E-state index contributed by atoms with van der Waals surface area (Å²) >= 11 is 1.85. The van der Waals surface area contributed by atoms with E-state index in [1.165, 1.54) is 43.4 Å². The molecule has 138 valence electrons. The first kappa shape index (κ1) is 17.5. The first-order chi connectivity index (χ1) is 12.3. The maximum absolute atomic E-state index is 12.5. The van der Waals surface area contributed by atoms with Crippen molar-refractivity contribution in [3.05, 3.63) is 22.4 Å². The van der Waals surface area contributed by atoms with E-state index >= 15 is 0 Å². The zero-order valence-corrected chi connectivity index (χ0v) is 15.9. The highest BCUT2D eigenvalue weighted by Gasteiger charge is 2.38. The lowest BCUT2D eigenvalue weighted by molar-refractivity contribution is -0.123. The van der Waals surface area contributed by atoms with Gasteiger partial charge in [-0.3, -0.25) is 9.69 Å². The maximum Gasteiger partial charge on any atom is 0.237 e. The molecule has 25 heavy (non-hydrogen) atoms. The van der Waals surface area contributed by atoms with Gasteiger partial charge < -0.3 is 10.6 Å². The number of amides is 1. The molecule has 1 aromatic heterocycles. The molecule has 3 heterocycles. The van der Waals surface area contributed by atoms with Crippen LogP contribution in [-0.2, 0) is 11.3 Å². The number of carbonyl (C=O) groups is 1. The number of thiophene rings is 1. The summed E-state index contributed by atoms with van der Waals surface area (Å²) in [6, 6.07) is 5.02. The quantitative estimate of drug-likeness (QED) is 0.847. The summed E-state index contributed by atoms with van der Waals surface area (Å²) in [5.41, 5.74) is 0. The van der Waals surface area contributed by atoms with E-state index in [1.54, 1.807) is 0 Å². The van der Waals surface area contributed by atoms with Crippen molar-refractivity contribution in [3.8, 4) is 0 Å². The van der Waals surface area contributed by atoms with Crippen LogP contribution in [0.3, 0.4) is 0 Å². The molecule has 0 spiro atoms. The summed E-state index contributed by atoms with van der Waals surface area (Å²) < 4.78 is 0. The van der Waals surface area contributed by atoms with Crippen molar-refractivity contribution in [1.29, 1.82) is 0 Å². The van der Waals surface area contributed by atoms with Crippen LogP contribution in [0.4, 0.5) is 0 Å². The topological polar surface area (TPSA) is 44.4 Å². The number of nitrogens with zero attached hydrogens (tertiary/aromatic N) is 1. The van der Waals surface area contributed by atoms with Gasteiger partial charge in [0, 0.05) is 24.0 Å². The summed E-state index contributed by atoms with van der Waals surface area (Å²) in [5, 5.41) is 9.00. The number of hydrogen-bond donors (Lipinski definition) is 2. The number of hydrogen-bond acceptors (Lipinski definition) is 4.